The number of rotatable bonds is 8. The van der Waals surface area contributed by atoms with Crippen molar-refractivity contribution in [2.45, 2.75) is 18.0 Å². The zero-order chi connectivity index (χ0) is 27.8. The van der Waals surface area contributed by atoms with E-state index in [1.807, 2.05) is 0 Å². The summed E-state index contributed by atoms with van der Waals surface area (Å²) < 4.78 is 127. The number of aromatic nitrogens is 1. The lowest BCUT2D eigenvalue weighted by Crippen LogP contribution is -2.51. The van der Waals surface area contributed by atoms with Gasteiger partial charge in [-0.3, -0.25) is 0 Å². The molecule has 38 heavy (non-hydrogen) atoms. The fraction of sp³-hybridized carbons (Fsp3) is 0.125. The van der Waals surface area contributed by atoms with E-state index >= 15 is 8.78 Å². The summed E-state index contributed by atoms with van der Waals surface area (Å²) in [4.78, 5) is 0. The first-order valence-corrected chi connectivity index (χ1v) is 12.4. The molecule has 0 N–H and O–H groups in total. The topological polar surface area (TPSA) is 61.6 Å². The highest BCUT2D eigenvalue weighted by Crippen LogP contribution is 2.57. The van der Waals surface area contributed by atoms with Gasteiger partial charge in [0.15, 0.2) is 5.30 Å². The van der Waals surface area contributed by atoms with Gasteiger partial charge in [-0.15, -0.1) is 0 Å². The lowest BCUT2D eigenvalue weighted by atomic mass is 10.1. The fourth-order valence-corrected chi connectivity index (χ4v) is 5.22. The van der Waals surface area contributed by atoms with E-state index in [4.69, 9.17) is 20.6 Å². The third-order valence-electron chi connectivity index (χ3n) is 5.03. The Kier molecular flexibility index (Phi) is 7.24. The van der Waals surface area contributed by atoms with Gasteiger partial charge < -0.3 is 13.6 Å². The second kappa shape index (κ2) is 9.99. The Balaban J connectivity index is 2.02. The molecule has 0 unspecified atom stereocenters. The van der Waals surface area contributed by atoms with Crippen molar-refractivity contribution in [3.05, 3.63) is 95.7 Å². The molecule has 0 saturated carbocycles. The molecule has 200 valence electrons. The Labute approximate surface area is 215 Å². The van der Waals surface area contributed by atoms with Crippen molar-refractivity contribution in [2.24, 2.45) is 0 Å². The molecule has 0 aliphatic heterocycles. The molecule has 0 fully saturated rings. The molecule has 3 aromatic carbocycles. The average molecular weight is 580 g/mol. The van der Waals surface area contributed by atoms with E-state index < -0.39 is 42.4 Å². The number of hydrogen-bond donors (Lipinski definition) is 0. The average Bonchev–Trinajstić information content (AvgIpc) is 3.32. The molecule has 0 saturated heterocycles. The van der Waals surface area contributed by atoms with E-state index in [1.165, 1.54) is 84.9 Å². The molecule has 0 aliphatic rings. The lowest BCUT2D eigenvalue weighted by molar-refractivity contribution is -0.363. The van der Waals surface area contributed by atoms with E-state index in [9.17, 15) is 26.5 Å². The SMILES string of the molecule is O=P(Oc1ccccc1)(Oc1ccccc1)c1c(-c2ccc(Cl)cc2)noc1C(F)(F)C(F)(F)C(F)(F)F. The first kappa shape index (κ1) is 27.5. The minimum absolute atomic E-state index is 0.164. The van der Waals surface area contributed by atoms with Crippen LogP contribution in [0.5, 0.6) is 11.5 Å². The summed E-state index contributed by atoms with van der Waals surface area (Å²) in [5.74, 6) is -15.6. The van der Waals surface area contributed by atoms with Crippen LogP contribution >= 0.6 is 19.2 Å². The van der Waals surface area contributed by atoms with Gasteiger partial charge in [-0.25, -0.2) is 4.57 Å². The Bertz CT molecular complexity index is 1400. The van der Waals surface area contributed by atoms with Gasteiger partial charge in [-0.05, 0) is 36.4 Å². The van der Waals surface area contributed by atoms with Gasteiger partial charge in [0.2, 0.25) is 5.76 Å². The highest BCUT2D eigenvalue weighted by atomic mass is 35.5. The predicted molar refractivity (Wildman–Crippen MR) is 123 cm³/mol. The van der Waals surface area contributed by atoms with Crippen LogP contribution in [-0.2, 0) is 10.5 Å². The molecule has 0 radical (unpaired) electrons. The third kappa shape index (κ3) is 5.10. The number of alkyl halides is 7. The molecule has 1 aromatic heterocycles. The lowest BCUT2D eigenvalue weighted by Gasteiger charge is -2.28. The second-order valence-corrected chi connectivity index (χ2v) is 9.91. The molecule has 5 nitrogen and oxygen atoms in total. The monoisotopic (exact) mass is 579 g/mol. The largest absolute Gasteiger partial charge is 0.469 e. The summed E-state index contributed by atoms with van der Waals surface area (Å²) in [5, 5.41) is 2.03. The molecule has 4 rings (SSSR count). The van der Waals surface area contributed by atoms with Crippen LogP contribution in [0.2, 0.25) is 5.02 Å². The Morgan fingerprint density at radius 2 is 1.21 bits per heavy atom. The summed E-state index contributed by atoms with van der Waals surface area (Å²) in [7, 11) is -5.31. The van der Waals surface area contributed by atoms with E-state index in [-0.39, 0.29) is 22.1 Å². The van der Waals surface area contributed by atoms with Crippen molar-refractivity contribution >= 4 is 24.5 Å². The number of hydrogen-bond acceptors (Lipinski definition) is 5. The zero-order valence-corrected chi connectivity index (χ0v) is 20.3. The van der Waals surface area contributed by atoms with E-state index in [0.29, 0.717) is 0 Å². The summed E-state index contributed by atoms with van der Waals surface area (Å²) in [6.45, 7) is 0. The van der Waals surface area contributed by atoms with Crippen molar-refractivity contribution < 1.29 is 48.9 Å². The van der Waals surface area contributed by atoms with Gasteiger partial charge in [-0.1, -0.05) is 65.3 Å². The molecule has 14 heteroatoms. The van der Waals surface area contributed by atoms with Gasteiger partial charge in [0, 0.05) is 10.6 Å². The van der Waals surface area contributed by atoms with Crippen molar-refractivity contribution in [3.8, 4) is 22.8 Å². The van der Waals surface area contributed by atoms with E-state index in [2.05, 4.69) is 9.68 Å². The molecule has 0 aliphatic carbocycles. The Hall–Kier alpha value is -3.50. The van der Waals surface area contributed by atoms with Crippen LogP contribution in [0, 0.1) is 0 Å². The van der Waals surface area contributed by atoms with Crippen molar-refractivity contribution in [1.82, 2.24) is 5.16 Å². The minimum atomic E-state index is -6.72. The summed E-state index contributed by atoms with van der Waals surface area (Å²) in [6, 6.07) is 18.5. The standard InChI is InChI=1S/C24H14ClF7NO4P/c25-16-13-11-15(12-14-16)19-20(21(35-33-19)22(26,27)23(28,29)24(30,31)32)38(34,36-17-7-3-1-4-8-17)37-18-9-5-2-6-10-18/h1-14H. The van der Waals surface area contributed by atoms with E-state index in [0.717, 1.165) is 0 Å². The first-order valence-electron chi connectivity index (χ1n) is 10.4. The highest BCUT2D eigenvalue weighted by molar-refractivity contribution is 7.63. The summed E-state index contributed by atoms with van der Waals surface area (Å²) in [5.41, 5.74) is -0.955. The van der Waals surface area contributed by atoms with Crippen molar-refractivity contribution in [2.75, 3.05) is 0 Å². The van der Waals surface area contributed by atoms with Gasteiger partial charge >= 0.3 is 25.6 Å². The van der Waals surface area contributed by atoms with Crippen LogP contribution in [0.3, 0.4) is 0 Å². The molecular weight excluding hydrogens is 566 g/mol. The zero-order valence-electron chi connectivity index (χ0n) is 18.6. The molecule has 0 atom stereocenters. The van der Waals surface area contributed by atoms with Gasteiger partial charge in [0.1, 0.15) is 17.2 Å². The van der Waals surface area contributed by atoms with Gasteiger partial charge in [0.05, 0.1) is 0 Å². The van der Waals surface area contributed by atoms with E-state index in [1.54, 1.807) is 0 Å². The quantitative estimate of drug-likeness (QED) is 0.155. The minimum Gasteiger partial charge on any atom is -0.413 e. The first-order chi connectivity index (χ1) is 17.8. The Morgan fingerprint density at radius 3 is 1.66 bits per heavy atom. The fourth-order valence-electron chi connectivity index (χ4n) is 3.21. The highest BCUT2D eigenvalue weighted by Gasteiger charge is 2.76. The Morgan fingerprint density at radius 1 is 0.737 bits per heavy atom. The molecule has 1 heterocycles. The number of nitrogens with zero attached hydrogens (tertiary/aromatic N) is 1. The van der Waals surface area contributed by atoms with Crippen LogP contribution in [0.4, 0.5) is 30.7 Å². The van der Waals surface area contributed by atoms with Crippen molar-refractivity contribution in [3.63, 3.8) is 0 Å². The van der Waals surface area contributed by atoms with Crippen LogP contribution in [0.1, 0.15) is 5.76 Å². The molecule has 4 aromatic rings. The van der Waals surface area contributed by atoms with Gasteiger partial charge in [-0.2, -0.15) is 30.7 Å². The van der Waals surface area contributed by atoms with Gasteiger partial charge in [0.25, 0.3) is 0 Å². The maximum atomic E-state index is 15.0. The smallest absolute Gasteiger partial charge is 0.413 e. The summed E-state index contributed by atoms with van der Waals surface area (Å²) >= 11 is 5.84. The number of para-hydroxylation sites is 2. The second-order valence-electron chi connectivity index (χ2n) is 7.67. The molecule has 0 amide bonds. The van der Waals surface area contributed by atoms with Crippen LogP contribution in [-0.4, -0.2) is 17.3 Å². The summed E-state index contributed by atoms with van der Waals surface area (Å²) in [6.07, 6.45) is -6.72. The van der Waals surface area contributed by atoms with Crippen LogP contribution in [0.25, 0.3) is 11.3 Å². The number of benzene rings is 3. The number of halogens is 8. The third-order valence-corrected chi connectivity index (χ3v) is 7.15. The normalized spacial score (nSPS) is 12.8. The van der Waals surface area contributed by atoms with Crippen LogP contribution in [0.15, 0.2) is 89.5 Å². The maximum Gasteiger partial charge on any atom is 0.469 e. The molecule has 0 bridgehead atoms. The van der Waals surface area contributed by atoms with Crippen LogP contribution < -0.4 is 14.4 Å². The maximum absolute atomic E-state index is 15.0. The predicted octanol–water partition coefficient (Wildman–Crippen LogP) is 8.26. The molecule has 0 spiro atoms. The van der Waals surface area contributed by atoms with Crippen molar-refractivity contribution in [1.29, 1.82) is 0 Å². The molecular formula is C24H14ClF7NO4P.